The van der Waals surface area contributed by atoms with Crippen LogP contribution in [-0.4, -0.2) is 29.9 Å². The van der Waals surface area contributed by atoms with Gasteiger partial charge in [0.1, 0.15) is 11.6 Å². The first-order chi connectivity index (χ1) is 13.5. The first-order valence-electron chi connectivity index (χ1n) is 10.0. The average molecular weight is 384 g/mol. The third kappa shape index (κ3) is 4.58. The lowest BCUT2D eigenvalue weighted by Gasteiger charge is -2.37. The molecule has 2 aliphatic rings. The molecule has 1 amide bonds. The molecule has 1 aliphatic heterocycles. The molecule has 1 saturated carbocycles. The minimum atomic E-state index is -0.247. The van der Waals surface area contributed by atoms with Gasteiger partial charge in [0.15, 0.2) is 0 Å². The summed E-state index contributed by atoms with van der Waals surface area (Å²) in [6.07, 6.45) is 2.90. The topological polar surface area (TPSA) is 32.3 Å². The Labute approximate surface area is 164 Å². The van der Waals surface area contributed by atoms with Crippen molar-refractivity contribution < 1.29 is 13.6 Å². The summed E-state index contributed by atoms with van der Waals surface area (Å²) in [7, 11) is 0. The Morgan fingerprint density at radius 1 is 1.11 bits per heavy atom. The van der Waals surface area contributed by atoms with Crippen molar-refractivity contribution in [2.45, 2.75) is 44.7 Å². The second kappa shape index (κ2) is 8.00. The van der Waals surface area contributed by atoms with E-state index < -0.39 is 0 Å². The van der Waals surface area contributed by atoms with E-state index in [1.54, 1.807) is 19.1 Å². The maximum absolute atomic E-state index is 13.7. The zero-order valence-corrected chi connectivity index (χ0v) is 16.1. The molecule has 0 bridgehead atoms. The van der Waals surface area contributed by atoms with Crippen molar-refractivity contribution in [1.29, 1.82) is 0 Å². The van der Waals surface area contributed by atoms with Crippen molar-refractivity contribution in [2.24, 2.45) is 5.92 Å². The third-order valence-electron chi connectivity index (χ3n) is 5.79. The number of hydrogen-bond acceptors (Lipinski definition) is 2. The molecule has 2 aromatic rings. The summed E-state index contributed by atoms with van der Waals surface area (Å²) in [5.74, 6) is -0.252. The van der Waals surface area contributed by atoms with Crippen molar-refractivity contribution >= 4 is 5.91 Å². The zero-order valence-electron chi connectivity index (χ0n) is 16.1. The lowest BCUT2D eigenvalue weighted by Crippen LogP contribution is -2.45. The summed E-state index contributed by atoms with van der Waals surface area (Å²) < 4.78 is 26.9. The normalized spacial score (nSPS) is 22.8. The fraction of sp³-hybridized carbons (Fsp3) is 0.435. The monoisotopic (exact) mass is 384 g/mol. The number of carbonyl (C=O) groups is 1. The highest BCUT2D eigenvalue weighted by atomic mass is 19.1. The van der Waals surface area contributed by atoms with Crippen LogP contribution in [0.4, 0.5) is 8.78 Å². The van der Waals surface area contributed by atoms with Crippen molar-refractivity contribution in [1.82, 2.24) is 10.2 Å². The van der Waals surface area contributed by atoms with E-state index in [9.17, 15) is 13.6 Å². The Balaban J connectivity index is 1.53. The predicted molar refractivity (Wildman–Crippen MR) is 105 cm³/mol. The van der Waals surface area contributed by atoms with Gasteiger partial charge in [0.25, 0.3) is 0 Å². The second-order valence-electron chi connectivity index (χ2n) is 8.24. The molecule has 1 N–H and O–H groups in total. The molecule has 3 nitrogen and oxygen atoms in total. The number of benzene rings is 2. The van der Waals surface area contributed by atoms with Crippen molar-refractivity contribution in [2.75, 3.05) is 13.1 Å². The predicted octanol–water partition coefficient (Wildman–Crippen LogP) is 4.16. The number of aryl methyl sites for hydroxylation is 1. The summed E-state index contributed by atoms with van der Waals surface area (Å²) in [5, 5.41) is 3.13. The van der Waals surface area contributed by atoms with E-state index in [-0.39, 0.29) is 29.4 Å². The first-order valence-corrected chi connectivity index (χ1v) is 10.0. The maximum atomic E-state index is 13.7. The minimum Gasteiger partial charge on any atom is -0.353 e. The molecule has 0 unspecified atom stereocenters. The Morgan fingerprint density at radius 3 is 2.54 bits per heavy atom. The van der Waals surface area contributed by atoms with Crippen LogP contribution < -0.4 is 5.32 Å². The lowest BCUT2D eigenvalue weighted by atomic mass is 9.83. The van der Waals surface area contributed by atoms with Crippen LogP contribution in [0.25, 0.3) is 0 Å². The number of nitrogens with one attached hydrogen (secondary N) is 1. The largest absolute Gasteiger partial charge is 0.353 e. The van der Waals surface area contributed by atoms with Gasteiger partial charge in [-0.05, 0) is 67.0 Å². The molecule has 0 spiro atoms. The van der Waals surface area contributed by atoms with Crippen LogP contribution >= 0.6 is 0 Å². The van der Waals surface area contributed by atoms with E-state index >= 15 is 0 Å². The quantitative estimate of drug-likeness (QED) is 0.840. The average Bonchev–Trinajstić information content (AvgIpc) is 3.49. The molecule has 1 saturated heterocycles. The molecular formula is C23H26F2N2O. The lowest BCUT2D eigenvalue weighted by molar-refractivity contribution is -0.127. The van der Waals surface area contributed by atoms with Gasteiger partial charge in [-0.1, -0.05) is 24.3 Å². The van der Waals surface area contributed by atoms with Crippen molar-refractivity contribution in [3.8, 4) is 0 Å². The van der Waals surface area contributed by atoms with Crippen LogP contribution in [0.3, 0.4) is 0 Å². The number of hydrogen-bond donors (Lipinski definition) is 1. The van der Waals surface area contributed by atoms with Gasteiger partial charge in [-0.2, -0.15) is 0 Å². The smallest absolute Gasteiger partial charge is 0.224 e. The summed E-state index contributed by atoms with van der Waals surface area (Å²) in [6.45, 7) is 3.93. The number of rotatable bonds is 5. The highest BCUT2D eigenvalue weighted by Crippen LogP contribution is 2.33. The number of carbonyl (C=O) groups excluding carboxylic acids is 1. The van der Waals surface area contributed by atoms with Gasteiger partial charge in [0.05, 0.1) is 5.92 Å². The molecule has 2 aromatic carbocycles. The fourth-order valence-electron chi connectivity index (χ4n) is 4.07. The Hall–Kier alpha value is -2.27. The molecule has 4 rings (SSSR count). The maximum Gasteiger partial charge on any atom is 0.224 e. The molecule has 148 valence electrons. The molecule has 2 fully saturated rings. The van der Waals surface area contributed by atoms with Gasteiger partial charge in [-0.15, -0.1) is 0 Å². The Morgan fingerprint density at radius 2 is 1.86 bits per heavy atom. The molecule has 5 heteroatoms. The molecule has 0 radical (unpaired) electrons. The summed E-state index contributed by atoms with van der Waals surface area (Å²) in [6, 6.07) is 12.1. The molecule has 0 aromatic heterocycles. The van der Waals surface area contributed by atoms with Crippen LogP contribution in [0, 0.1) is 24.5 Å². The van der Waals surface area contributed by atoms with E-state index in [0.717, 1.165) is 36.9 Å². The second-order valence-corrected chi connectivity index (χ2v) is 8.24. The third-order valence-corrected chi connectivity index (χ3v) is 5.79. The van der Waals surface area contributed by atoms with Crippen LogP contribution in [0.1, 0.15) is 41.9 Å². The van der Waals surface area contributed by atoms with Crippen LogP contribution in [0.15, 0.2) is 42.5 Å². The van der Waals surface area contributed by atoms with Crippen LogP contribution in [-0.2, 0) is 11.3 Å². The van der Waals surface area contributed by atoms with Gasteiger partial charge < -0.3 is 5.32 Å². The van der Waals surface area contributed by atoms with E-state index in [1.807, 2.05) is 12.1 Å². The number of halogens is 2. The van der Waals surface area contributed by atoms with Gasteiger partial charge in [-0.25, -0.2) is 8.78 Å². The van der Waals surface area contributed by atoms with E-state index in [0.29, 0.717) is 24.7 Å². The first kappa shape index (κ1) is 19.1. The van der Waals surface area contributed by atoms with E-state index in [4.69, 9.17) is 0 Å². The summed E-state index contributed by atoms with van der Waals surface area (Å²) in [4.78, 5) is 15.0. The molecular weight excluding hydrogens is 358 g/mol. The molecule has 28 heavy (non-hydrogen) atoms. The molecule has 1 aliphatic carbocycles. The SMILES string of the molecule is Cc1cc([C@@H]2C[C@H](C(=O)NC3CC3)CN(Cc3ccc(F)cc3)C2)ccc1F. The Kier molecular flexibility index (Phi) is 5.44. The van der Waals surface area contributed by atoms with Gasteiger partial charge >= 0.3 is 0 Å². The standard InChI is InChI=1S/C23H26F2N2O/c1-15-10-17(4-9-22(15)25)18-11-19(23(28)26-21-7-8-21)14-27(13-18)12-16-2-5-20(24)6-3-16/h2-6,9-10,18-19,21H,7-8,11-14H2,1H3,(H,26,28)/t18-,19+/m1/s1. The zero-order chi connectivity index (χ0) is 19.7. The number of amides is 1. The van der Waals surface area contributed by atoms with Gasteiger partial charge in [0.2, 0.25) is 5.91 Å². The fourth-order valence-corrected chi connectivity index (χ4v) is 4.07. The number of piperidine rings is 1. The highest BCUT2D eigenvalue weighted by molar-refractivity contribution is 5.79. The van der Waals surface area contributed by atoms with Crippen molar-refractivity contribution in [3.63, 3.8) is 0 Å². The van der Waals surface area contributed by atoms with Gasteiger partial charge in [-0.3, -0.25) is 9.69 Å². The Bertz CT molecular complexity index is 848. The van der Waals surface area contributed by atoms with Gasteiger partial charge in [0, 0.05) is 25.7 Å². The number of likely N-dealkylation sites (tertiary alicyclic amines) is 1. The summed E-state index contributed by atoms with van der Waals surface area (Å²) in [5.41, 5.74) is 2.73. The van der Waals surface area contributed by atoms with E-state index in [1.165, 1.54) is 18.2 Å². The minimum absolute atomic E-state index is 0.0924. The van der Waals surface area contributed by atoms with Crippen molar-refractivity contribution in [3.05, 3.63) is 70.8 Å². The van der Waals surface area contributed by atoms with E-state index in [2.05, 4.69) is 10.2 Å². The highest BCUT2D eigenvalue weighted by Gasteiger charge is 2.34. The number of nitrogens with zero attached hydrogens (tertiary/aromatic N) is 1. The van der Waals surface area contributed by atoms with Crippen LogP contribution in [0.2, 0.25) is 0 Å². The summed E-state index contributed by atoms with van der Waals surface area (Å²) >= 11 is 0. The van der Waals surface area contributed by atoms with Crippen LogP contribution in [0.5, 0.6) is 0 Å². The molecule has 2 atom stereocenters. The molecule has 1 heterocycles.